The number of hydrogen-bond donors (Lipinski definition) is 2. The summed E-state index contributed by atoms with van der Waals surface area (Å²) in [6.45, 7) is 0.376. The summed E-state index contributed by atoms with van der Waals surface area (Å²) >= 11 is 1.37. The Hall–Kier alpha value is -3.43. The molecule has 3 rings (SSSR count). The number of nitrogens with zero attached hydrogens (tertiary/aromatic N) is 1. The highest BCUT2D eigenvalue weighted by Crippen LogP contribution is 2.14. The van der Waals surface area contributed by atoms with Gasteiger partial charge in [0.2, 0.25) is 0 Å². The molecule has 0 radical (unpaired) electrons. The minimum Gasteiger partial charge on any atom is -0.348 e. The normalized spacial score (nSPS) is 9.96. The first-order valence-electron chi connectivity index (χ1n) is 7.88. The fourth-order valence-electron chi connectivity index (χ4n) is 2.29. The molecule has 0 spiro atoms. The Balaban J connectivity index is 1.56. The molecule has 128 valence electrons. The van der Waals surface area contributed by atoms with Crippen molar-refractivity contribution in [2.75, 3.05) is 5.32 Å². The minimum absolute atomic E-state index is 0.169. The molecule has 26 heavy (non-hydrogen) atoms. The van der Waals surface area contributed by atoms with Crippen LogP contribution in [0.3, 0.4) is 0 Å². The van der Waals surface area contributed by atoms with Gasteiger partial charge in [-0.25, -0.2) is 0 Å². The van der Waals surface area contributed by atoms with Crippen molar-refractivity contribution < 1.29 is 9.59 Å². The number of hydrogen-bond acceptors (Lipinski definition) is 4. The Bertz CT molecular complexity index is 940. The molecule has 1 heterocycles. The molecule has 6 heteroatoms. The minimum atomic E-state index is -0.203. The van der Waals surface area contributed by atoms with Gasteiger partial charge in [-0.05, 0) is 53.4 Å². The molecule has 0 saturated heterocycles. The van der Waals surface area contributed by atoms with Crippen LogP contribution < -0.4 is 10.6 Å². The maximum absolute atomic E-state index is 12.2. The van der Waals surface area contributed by atoms with Crippen molar-refractivity contribution in [2.45, 2.75) is 6.54 Å². The molecule has 2 N–H and O–H groups in total. The van der Waals surface area contributed by atoms with Gasteiger partial charge in [0.25, 0.3) is 11.8 Å². The maximum atomic E-state index is 12.2. The summed E-state index contributed by atoms with van der Waals surface area (Å²) in [5.41, 5.74) is 2.64. The predicted molar refractivity (Wildman–Crippen MR) is 101 cm³/mol. The van der Waals surface area contributed by atoms with Crippen LogP contribution in [0.25, 0.3) is 0 Å². The van der Waals surface area contributed by atoms with Crippen LogP contribution in [-0.2, 0) is 6.54 Å². The third kappa shape index (κ3) is 4.35. The van der Waals surface area contributed by atoms with Gasteiger partial charge in [0.15, 0.2) is 0 Å². The molecule has 5 nitrogen and oxygen atoms in total. The number of nitriles is 1. The second-order valence-corrected chi connectivity index (χ2v) is 6.45. The molecule has 0 bridgehead atoms. The quantitative estimate of drug-likeness (QED) is 0.725. The van der Waals surface area contributed by atoms with E-state index in [-0.39, 0.29) is 11.8 Å². The van der Waals surface area contributed by atoms with Crippen LogP contribution in [0.4, 0.5) is 5.69 Å². The third-order valence-electron chi connectivity index (χ3n) is 3.69. The summed E-state index contributed by atoms with van der Waals surface area (Å²) < 4.78 is 0. The molecule has 0 aliphatic carbocycles. The van der Waals surface area contributed by atoms with E-state index in [0.29, 0.717) is 28.2 Å². The number of rotatable bonds is 5. The smallest absolute Gasteiger partial charge is 0.265 e. The Labute approximate surface area is 154 Å². The first-order valence-corrected chi connectivity index (χ1v) is 8.76. The zero-order valence-corrected chi connectivity index (χ0v) is 14.5. The molecule has 0 atom stereocenters. The Kier molecular flexibility index (Phi) is 5.42. The fourth-order valence-corrected chi connectivity index (χ4v) is 2.91. The number of benzene rings is 2. The first-order chi connectivity index (χ1) is 12.7. The van der Waals surface area contributed by atoms with Crippen LogP contribution >= 0.6 is 11.3 Å². The van der Waals surface area contributed by atoms with Gasteiger partial charge in [-0.3, -0.25) is 9.59 Å². The van der Waals surface area contributed by atoms with Gasteiger partial charge in [0.05, 0.1) is 16.5 Å². The van der Waals surface area contributed by atoms with Crippen molar-refractivity contribution in [3.8, 4) is 6.07 Å². The van der Waals surface area contributed by atoms with Crippen LogP contribution in [0.2, 0.25) is 0 Å². The highest BCUT2D eigenvalue weighted by Gasteiger charge is 2.09. The lowest BCUT2D eigenvalue weighted by Crippen LogP contribution is -2.22. The summed E-state index contributed by atoms with van der Waals surface area (Å²) in [5, 5.41) is 16.2. The lowest BCUT2D eigenvalue weighted by molar-refractivity contribution is 0.0950. The van der Waals surface area contributed by atoms with Crippen LogP contribution in [0.5, 0.6) is 0 Å². The molecule has 0 unspecified atom stereocenters. The summed E-state index contributed by atoms with van der Waals surface area (Å²) in [6, 6.07) is 19.4. The second-order valence-electron chi connectivity index (χ2n) is 5.50. The van der Waals surface area contributed by atoms with Gasteiger partial charge in [-0.1, -0.05) is 18.2 Å². The van der Waals surface area contributed by atoms with Crippen molar-refractivity contribution in [2.24, 2.45) is 0 Å². The van der Waals surface area contributed by atoms with Crippen molar-refractivity contribution >= 4 is 28.8 Å². The monoisotopic (exact) mass is 361 g/mol. The lowest BCUT2D eigenvalue weighted by atomic mass is 10.1. The summed E-state index contributed by atoms with van der Waals surface area (Å²) in [6.07, 6.45) is 0. The number of carbonyl (C=O) groups excluding carboxylic acids is 2. The van der Waals surface area contributed by atoms with E-state index in [9.17, 15) is 9.59 Å². The number of amides is 2. The standard InChI is InChI=1S/C20H15N3O2S/c21-12-14-3-5-15(6-4-14)13-22-19(24)16-7-9-17(10-8-16)23-20(25)18-2-1-11-26-18/h1-11H,13H2,(H,22,24)(H,23,25). The Morgan fingerprint density at radius 1 is 0.962 bits per heavy atom. The lowest BCUT2D eigenvalue weighted by Gasteiger charge is -2.07. The second kappa shape index (κ2) is 8.10. The molecule has 2 amide bonds. The molecule has 2 aromatic carbocycles. The van der Waals surface area contributed by atoms with E-state index in [1.54, 1.807) is 42.5 Å². The van der Waals surface area contributed by atoms with Gasteiger partial charge in [-0.15, -0.1) is 11.3 Å². The summed E-state index contributed by atoms with van der Waals surface area (Å²) in [7, 11) is 0. The number of anilines is 1. The van der Waals surface area contributed by atoms with Gasteiger partial charge < -0.3 is 10.6 Å². The van der Waals surface area contributed by atoms with Crippen molar-refractivity contribution in [1.82, 2.24) is 5.32 Å². The van der Waals surface area contributed by atoms with Crippen LogP contribution in [0.1, 0.15) is 31.2 Å². The summed E-state index contributed by atoms with van der Waals surface area (Å²) in [4.78, 5) is 24.8. The van der Waals surface area contributed by atoms with E-state index in [4.69, 9.17) is 5.26 Å². The predicted octanol–water partition coefficient (Wildman–Crippen LogP) is 3.80. The number of thiophene rings is 1. The summed E-state index contributed by atoms with van der Waals surface area (Å²) in [5.74, 6) is -0.372. The Morgan fingerprint density at radius 3 is 2.31 bits per heavy atom. The van der Waals surface area contributed by atoms with Gasteiger partial charge in [0, 0.05) is 17.8 Å². The van der Waals surface area contributed by atoms with Crippen LogP contribution in [-0.4, -0.2) is 11.8 Å². The molecule has 0 aliphatic heterocycles. The molecular formula is C20H15N3O2S. The highest BCUT2D eigenvalue weighted by molar-refractivity contribution is 7.12. The van der Waals surface area contributed by atoms with E-state index in [1.807, 2.05) is 23.6 Å². The van der Waals surface area contributed by atoms with Gasteiger partial charge in [-0.2, -0.15) is 5.26 Å². The van der Waals surface area contributed by atoms with E-state index in [2.05, 4.69) is 16.7 Å². The average Bonchev–Trinajstić information content (AvgIpc) is 3.22. The van der Waals surface area contributed by atoms with E-state index in [1.165, 1.54) is 11.3 Å². The zero-order chi connectivity index (χ0) is 18.4. The van der Waals surface area contributed by atoms with Crippen molar-refractivity contribution in [1.29, 1.82) is 5.26 Å². The van der Waals surface area contributed by atoms with Crippen molar-refractivity contribution in [3.05, 3.63) is 87.6 Å². The van der Waals surface area contributed by atoms with E-state index >= 15 is 0 Å². The van der Waals surface area contributed by atoms with E-state index in [0.717, 1.165) is 5.56 Å². The van der Waals surface area contributed by atoms with Crippen molar-refractivity contribution in [3.63, 3.8) is 0 Å². The molecule has 0 saturated carbocycles. The van der Waals surface area contributed by atoms with Gasteiger partial charge in [0.1, 0.15) is 0 Å². The number of carbonyl (C=O) groups is 2. The molecule has 3 aromatic rings. The molecule has 0 aliphatic rings. The molecule has 0 fully saturated rings. The van der Waals surface area contributed by atoms with Crippen LogP contribution in [0, 0.1) is 11.3 Å². The SMILES string of the molecule is N#Cc1ccc(CNC(=O)c2ccc(NC(=O)c3cccs3)cc2)cc1. The number of nitrogens with one attached hydrogen (secondary N) is 2. The first kappa shape index (κ1) is 17.4. The Morgan fingerprint density at radius 2 is 1.69 bits per heavy atom. The largest absolute Gasteiger partial charge is 0.348 e. The average molecular weight is 361 g/mol. The van der Waals surface area contributed by atoms with E-state index < -0.39 is 0 Å². The maximum Gasteiger partial charge on any atom is 0.265 e. The van der Waals surface area contributed by atoms with Crippen LogP contribution in [0.15, 0.2) is 66.0 Å². The third-order valence-corrected chi connectivity index (χ3v) is 4.55. The van der Waals surface area contributed by atoms with Gasteiger partial charge >= 0.3 is 0 Å². The molecule has 1 aromatic heterocycles. The zero-order valence-electron chi connectivity index (χ0n) is 13.7. The fraction of sp³-hybridized carbons (Fsp3) is 0.0500. The highest BCUT2D eigenvalue weighted by atomic mass is 32.1. The topological polar surface area (TPSA) is 82.0 Å². The molecular weight excluding hydrogens is 346 g/mol.